The molecule has 0 fully saturated rings. The quantitative estimate of drug-likeness (QED) is 0.382. The summed E-state index contributed by atoms with van der Waals surface area (Å²) < 4.78 is 15.3. The lowest BCUT2D eigenvalue weighted by molar-refractivity contribution is -0.154. The molecule has 0 aromatic heterocycles. The van der Waals surface area contributed by atoms with Gasteiger partial charge in [-0.1, -0.05) is 29.3 Å². The number of hydrogen-bond donors (Lipinski definition) is 2. The lowest BCUT2D eigenvalue weighted by Crippen LogP contribution is -2.39. The summed E-state index contributed by atoms with van der Waals surface area (Å²) in [6, 6.07) is 4.83. The maximum Gasteiger partial charge on any atom is 0.337 e. The smallest absolute Gasteiger partial charge is 0.337 e. The molecule has 9 nitrogen and oxygen atoms in total. The van der Waals surface area contributed by atoms with E-state index in [4.69, 9.17) is 37.4 Å². The molecule has 34 heavy (non-hydrogen) atoms. The summed E-state index contributed by atoms with van der Waals surface area (Å²) in [6.07, 6.45) is 0. The topological polar surface area (TPSA) is 120 Å². The van der Waals surface area contributed by atoms with Gasteiger partial charge in [-0.05, 0) is 45.4 Å². The fourth-order valence-corrected chi connectivity index (χ4v) is 3.79. The maximum atomic E-state index is 13.0. The fraction of sp³-hybridized carbons (Fsp3) is 0.391. The lowest BCUT2D eigenvalue weighted by Gasteiger charge is -2.28. The second kappa shape index (κ2) is 12.4. The average Bonchev–Trinajstić information content (AvgIpc) is 2.76. The van der Waals surface area contributed by atoms with E-state index in [1.165, 1.54) is 0 Å². The Bertz CT molecular complexity index is 1010. The molecule has 1 aliphatic heterocycles. The van der Waals surface area contributed by atoms with E-state index in [2.05, 4.69) is 10.6 Å². The molecule has 0 unspecified atom stereocenters. The van der Waals surface area contributed by atoms with Crippen molar-refractivity contribution in [3.63, 3.8) is 0 Å². The van der Waals surface area contributed by atoms with E-state index in [0.29, 0.717) is 27.0 Å². The first-order valence-electron chi connectivity index (χ1n) is 10.5. The van der Waals surface area contributed by atoms with Crippen LogP contribution in [0.5, 0.6) is 0 Å². The van der Waals surface area contributed by atoms with Crippen LogP contribution in [0.25, 0.3) is 0 Å². The standard InChI is InChI=1S/C23H26Cl2N2O7/c1-5-32-21(29)18-12(3)27-13(4)19(22(30)33-6-2)20(18)23(31)34-11-17(28)26-10-14-7-8-15(24)9-16(14)25/h7-9,20,27H,5-6,10-11H2,1-4H3,(H,26,28). The largest absolute Gasteiger partial charge is 0.463 e. The molecule has 0 saturated carbocycles. The molecule has 1 aromatic rings. The molecule has 0 bridgehead atoms. The van der Waals surface area contributed by atoms with Crippen molar-refractivity contribution in [2.75, 3.05) is 19.8 Å². The van der Waals surface area contributed by atoms with Gasteiger partial charge in [-0.2, -0.15) is 0 Å². The molecule has 11 heteroatoms. The van der Waals surface area contributed by atoms with Gasteiger partial charge in [0, 0.05) is 28.0 Å². The van der Waals surface area contributed by atoms with Crippen LogP contribution in [0.3, 0.4) is 0 Å². The molecule has 2 N–H and O–H groups in total. The first-order chi connectivity index (χ1) is 16.1. The third-order valence-corrected chi connectivity index (χ3v) is 5.41. The maximum absolute atomic E-state index is 13.0. The van der Waals surface area contributed by atoms with Gasteiger partial charge in [-0.3, -0.25) is 9.59 Å². The minimum atomic E-state index is -1.42. The van der Waals surface area contributed by atoms with Crippen LogP contribution < -0.4 is 10.6 Å². The van der Waals surface area contributed by atoms with Gasteiger partial charge >= 0.3 is 17.9 Å². The van der Waals surface area contributed by atoms with Gasteiger partial charge in [0.05, 0.1) is 24.4 Å². The van der Waals surface area contributed by atoms with Crippen LogP contribution in [0.4, 0.5) is 0 Å². The highest BCUT2D eigenvalue weighted by molar-refractivity contribution is 6.35. The van der Waals surface area contributed by atoms with Crippen LogP contribution in [0.15, 0.2) is 40.7 Å². The third-order valence-electron chi connectivity index (χ3n) is 4.82. The van der Waals surface area contributed by atoms with Gasteiger partial charge in [0.25, 0.3) is 5.91 Å². The summed E-state index contributed by atoms with van der Waals surface area (Å²) in [4.78, 5) is 50.5. The summed E-state index contributed by atoms with van der Waals surface area (Å²) in [5.74, 6) is -4.56. The van der Waals surface area contributed by atoms with E-state index in [1.54, 1.807) is 45.9 Å². The van der Waals surface area contributed by atoms with E-state index in [1.807, 2.05) is 0 Å². The normalized spacial score (nSPS) is 13.8. The molecule has 1 aromatic carbocycles. The fourth-order valence-electron chi connectivity index (χ4n) is 3.32. The van der Waals surface area contributed by atoms with Crippen LogP contribution in [-0.4, -0.2) is 43.6 Å². The number of hydrogen-bond acceptors (Lipinski definition) is 8. The minimum absolute atomic E-state index is 0.0600. The number of dihydropyridines is 1. The highest BCUT2D eigenvalue weighted by atomic mass is 35.5. The number of benzene rings is 1. The van der Waals surface area contributed by atoms with Crippen molar-refractivity contribution in [2.45, 2.75) is 34.2 Å². The summed E-state index contributed by atoms with van der Waals surface area (Å²) in [5.41, 5.74) is 1.10. The number of carbonyl (C=O) groups excluding carboxylic acids is 4. The van der Waals surface area contributed by atoms with Gasteiger partial charge < -0.3 is 24.8 Å². The second-order valence-corrected chi connectivity index (χ2v) is 8.04. The highest BCUT2D eigenvalue weighted by Gasteiger charge is 2.42. The molecule has 0 radical (unpaired) electrons. The van der Waals surface area contributed by atoms with E-state index in [-0.39, 0.29) is 30.9 Å². The number of amides is 1. The van der Waals surface area contributed by atoms with Crippen molar-refractivity contribution in [1.29, 1.82) is 0 Å². The Morgan fingerprint density at radius 1 is 0.941 bits per heavy atom. The van der Waals surface area contributed by atoms with Crippen molar-refractivity contribution in [3.8, 4) is 0 Å². The van der Waals surface area contributed by atoms with E-state index in [0.717, 1.165) is 0 Å². The summed E-state index contributed by atoms with van der Waals surface area (Å²) >= 11 is 11.9. The average molecular weight is 513 g/mol. The van der Waals surface area contributed by atoms with E-state index >= 15 is 0 Å². The van der Waals surface area contributed by atoms with Gasteiger partial charge in [0.1, 0.15) is 5.92 Å². The van der Waals surface area contributed by atoms with Gasteiger partial charge in [-0.25, -0.2) is 9.59 Å². The number of halogens is 2. The number of ether oxygens (including phenoxy) is 3. The van der Waals surface area contributed by atoms with Crippen LogP contribution in [0.2, 0.25) is 10.0 Å². The number of nitrogens with one attached hydrogen (secondary N) is 2. The highest BCUT2D eigenvalue weighted by Crippen LogP contribution is 2.32. The SMILES string of the molecule is CCOC(=O)C1=C(C)NC(C)=C(C(=O)OCC)C1C(=O)OCC(=O)NCc1ccc(Cl)cc1Cl. The van der Waals surface area contributed by atoms with Crippen molar-refractivity contribution in [3.05, 3.63) is 56.3 Å². The Hall–Kier alpha value is -3.04. The lowest BCUT2D eigenvalue weighted by atomic mass is 9.85. The van der Waals surface area contributed by atoms with Crippen molar-refractivity contribution in [2.24, 2.45) is 5.92 Å². The van der Waals surface area contributed by atoms with E-state index in [9.17, 15) is 19.2 Å². The summed E-state index contributed by atoms with van der Waals surface area (Å²) in [6.45, 7) is 5.93. The Morgan fingerprint density at radius 3 is 2.00 bits per heavy atom. The number of carbonyl (C=O) groups is 4. The predicted octanol–water partition coefficient (Wildman–Crippen LogP) is 3.05. The predicted molar refractivity (Wildman–Crippen MR) is 125 cm³/mol. The molecule has 0 aliphatic carbocycles. The molecule has 2 rings (SSSR count). The van der Waals surface area contributed by atoms with Gasteiger partial charge in [0.15, 0.2) is 6.61 Å². The Kier molecular flexibility index (Phi) is 9.95. The van der Waals surface area contributed by atoms with Crippen LogP contribution >= 0.6 is 23.2 Å². The Balaban J connectivity index is 2.18. The molecule has 0 spiro atoms. The molecular weight excluding hydrogens is 487 g/mol. The first-order valence-corrected chi connectivity index (χ1v) is 11.3. The molecule has 0 atom stereocenters. The zero-order valence-corrected chi connectivity index (χ0v) is 20.8. The van der Waals surface area contributed by atoms with Crippen molar-refractivity contribution < 1.29 is 33.4 Å². The molecule has 0 saturated heterocycles. The molecule has 184 valence electrons. The summed E-state index contributed by atoms with van der Waals surface area (Å²) in [7, 11) is 0. The van der Waals surface area contributed by atoms with Crippen LogP contribution in [0, 0.1) is 5.92 Å². The number of rotatable bonds is 9. The summed E-state index contributed by atoms with van der Waals surface area (Å²) in [5, 5.41) is 6.31. The number of allylic oxidation sites excluding steroid dienone is 2. The molecule has 1 amide bonds. The second-order valence-electron chi connectivity index (χ2n) is 7.20. The van der Waals surface area contributed by atoms with Crippen LogP contribution in [-0.2, 0) is 39.9 Å². The molecule has 1 aliphatic rings. The Morgan fingerprint density at radius 2 is 1.50 bits per heavy atom. The Labute approximate surface area is 207 Å². The zero-order valence-electron chi connectivity index (χ0n) is 19.3. The number of esters is 3. The first kappa shape index (κ1) is 27.2. The van der Waals surface area contributed by atoms with Crippen molar-refractivity contribution in [1.82, 2.24) is 10.6 Å². The van der Waals surface area contributed by atoms with Crippen LogP contribution in [0.1, 0.15) is 33.3 Å². The molecule has 1 heterocycles. The monoisotopic (exact) mass is 512 g/mol. The van der Waals surface area contributed by atoms with Gasteiger partial charge in [0.2, 0.25) is 0 Å². The third kappa shape index (κ3) is 6.74. The molecular formula is C23H26Cl2N2O7. The zero-order chi connectivity index (χ0) is 25.4. The van der Waals surface area contributed by atoms with Gasteiger partial charge in [-0.15, -0.1) is 0 Å². The minimum Gasteiger partial charge on any atom is -0.463 e. The van der Waals surface area contributed by atoms with Crippen molar-refractivity contribution >= 4 is 47.0 Å². The van der Waals surface area contributed by atoms with E-state index < -0.39 is 36.3 Å².